The summed E-state index contributed by atoms with van der Waals surface area (Å²) in [6.07, 6.45) is 1.76. The zero-order chi connectivity index (χ0) is 12.5. The van der Waals surface area contributed by atoms with Crippen LogP contribution in [0.5, 0.6) is 0 Å². The van der Waals surface area contributed by atoms with Crippen LogP contribution in [-0.4, -0.2) is 15.0 Å². The van der Waals surface area contributed by atoms with Crippen molar-refractivity contribution in [3.63, 3.8) is 0 Å². The molecule has 3 nitrogen and oxygen atoms in total. The maximum atomic E-state index is 6.43. The van der Waals surface area contributed by atoms with Crippen LogP contribution in [0.2, 0.25) is 0 Å². The Balaban J connectivity index is 2.07. The van der Waals surface area contributed by atoms with Crippen LogP contribution in [0.1, 0.15) is 22.3 Å². The lowest BCUT2D eigenvalue weighted by Crippen LogP contribution is -1.95. The maximum absolute atomic E-state index is 6.43. The Bertz CT molecular complexity index is 676. The highest BCUT2D eigenvalue weighted by Gasteiger charge is 2.15. The van der Waals surface area contributed by atoms with Crippen molar-refractivity contribution in [3.8, 4) is 0 Å². The molecule has 0 spiro atoms. The topological polar surface area (TPSA) is 41.6 Å². The summed E-state index contributed by atoms with van der Waals surface area (Å²) < 4.78 is 0. The highest BCUT2D eigenvalue weighted by molar-refractivity contribution is 6.22. The van der Waals surface area contributed by atoms with Gasteiger partial charge in [-0.3, -0.25) is 0 Å². The second kappa shape index (κ2) is 4.42. The standard InChI is InChI=1S/C14H12ClN3/c1-9-7-8-16-14-12(9)17-13(18-14)11(15)10-5-3-2-4-6-10/h2-8,11H,1H3,(H,16,17,18). The SMILES string of the molecule is Cc1ccnc2nc(C(Cl)c3ccccc3)[nH]c12. The number of hydrogen-bond donors (Lipinski definition) is 1. The normalized spacial score (nSPS) is 12.8. The summed E-state index contributed by atoms with van der Waals surface area (Å²) in [6.45, 7) is 2.03. The number of nitrogens with one attached hydrogen (secondary N) is 1. The molecule has 0 saturated heterocycles. The number of aromatic amines is 1. The molecule has 0 amide bonds. The fourth-order valence-corrected chi connectivity index (χ4v) is 2.20. The van der Waals surface area contributed by atoms with E-state index in [1.165, 1.54) is 0 Å². The molecule has 0 aliphatic heterocycles. The average Bonchev–Trinajstić information content (AvgIpc) is 2.84. The number of aromatic nitrogens is 3. The molecule has 2 aromatic heterocycles. The molecule has 18 heavy (non-hydrogen) atoms. The van der Waals surface area contributed by atoms with Gasteiger partial charge in [0.2, 0.25) is 0 Å². The van der Waals surface area contributed by atoms with Crippen LogP contribution in [-0.2, 0) is 0 Å². The molecule has 3 rings (SSSR count). The Morgan fingerprint density at radius 3 is 2.67 bits per heavy atom. The minimum atomic E-state index is -0.278. The number of benzene rings is 1. The third-order valence-corrected chi connectivity index (χ3v) is 3.41. The largest absolute Gasteiger partial charge is 0.339 e. The van der Waals surface area contributed by atoms with E-state index in [4.69, 9.17) is 11.6 Å². The Kier molecular flexibility index (Phi) is 2.76. The van der Waals surface area contributed by atoms with Crippen molar-refractivity contribution < 1.29 is 0 Å². The van der Waals surface area contributed by atoms with Crippen molar-refractivity contribution in [2.45, 2.75) is 12.3 Å². The van der Waals surface area contributed by atoms with Crippen LogP contribution in [0.3, 0.4) is 0 Å². The second-order valence-electron chi connectivity index (χ2n) is 4.22. The predicted molar refractivity (Wildman–Crippen MR) is 72.8 cm³/mol. The van der Waals surface area contributed by atoms with Gasteiger partial charge in [0.25, 0.3) is 0 Å². The lowest BCUT2D eigenvalue weighted by Gasteiger charge is -2.05. The summed E-state index contributed by atoms with van der Waals surface area (Å²) in [5.74, 6) is 0.736. The van der Waals surface area contributed by atoms with Crippen LogP contribution in [0.15, 0.2) is 42.6 Å². The zero-order valence-corrected chi connectivity index (χ0v) is 10.6. The first-order valence-electron chi connectivity index (χ1n) is 5.76. The first kappa shape index (κ1) is 11.2. The number of rotatable bonds is 2. The number of H-pyrrole nitrogens is 1. The van der Waals surface area contributed by atoms with Crippen molar-refractivity contribution in [1.29, 1.82) is 0 Å². The summed E-state index contributed by atoms with van der Waals surface area (Å²) in [4.78, 5) is 11.9. The van der Waals surface area contributed by atoms with E-state index in [1.807, 2.05) is 43.3 Å². The van der Waals surface area contributed by atoms with Crippen molar-refractivity contribution in [2.75, 3.05) is 0 Å². The molecule has 2 heterocycles. The van der Waals surface area contributed by atoms with Gasteiger partial charge in [0.15, 0.2) is 5.65 Å². The zero-order valence-electron chi connectivity index (χ0n) is 9.89. The Morgan fingerprint density at radius 2 is 1.94 bits per heavy atom. The fraction of sp³-hybridized carbons (Fsp3) is 0.143. The van der Waals surface area contributed by atoms with E-state index in [0.29, 0.717) is 5.65 Å². The number of nitrogens with zero attached hydrogens (tertiary/aromatic N) is 2. The number of aryl methyl sites for hydroxylation is 1. The average molecular weight is 258 g/mol. The number of hydrogen-bond acceptors (Lipinski definition) is 2. The van der Waals surface area contributed by atoms with Crippen LogP contribution in [0, 0.1) is 6.92 Å². The molecule has 1 unspecified atom stereocenters. The summed E-state index contributed by atoms with van der Waals surface area (Å²) in [7, 11) is 0. The van der Waals surface area contributed by atoms with Gasteiger partial charge in [-0.2, -0.15) is 0 Å². The second-order valence-corrected chi connectivity index (χ2v) is 4.66. The molecular weight excluding hydrogens is 246 g/mol. The van der Waals surface area contributed by atoms with Crippen LogP contribution >= 0.6 is 11.6 Å². The van der Waals surface area contributed by atoms with Gasteiger partial charge < -0.3 is 4.98 Å². The van der Waals surface area contributed by atoms with Gasteiger partial charge in [0.1, 0.15) is 11.2 Å². The third-order valence-electron chi connectivity index (χ3n) is 2.95. The lowest BCUT2D eigenvalue weighted by atomic mass is 10.1. The highest BCUT2D eigenvalue weighted by atomic mass is 35.5. The first-order valence-corrected chi connectivity index (χ1v) is 6.19. The maximum Gasteiger partial charge on any atom is 0.178 e. The van der Waals surface area contributed by atoms with Gasteiger partial charge in [0, 0.05) is 6.20 Å². The van der Waals surface area contributed by atoms with E-state index >= 15 is 0 Å². The smallest absolute Gasteiger partial charge is 0.178 e. The first-order chi connectivity index (χ1) is 8.75. The summed E-state index contributed by atoms with van der Waals surface area (Å²) in [5, 5.41) is -0.278. The molecule has 1 atom stereocenters. The minimum absolute atomic E-state index is 0.278. The molecule has 1 aromatic carbocycles. The molecule has 0 aliphatic carbocycles. The Labute approximate surface area is 110 Å². The number of alkyl halides is 1. The van der Waals surface area contributed by atoms with Gasteiger partial charge in [-0.1, -0.05) is 30.3 Å². The summed E-state index contributed by atoms with van der Waals surface area (Å²) in [5.41, 5.74) is 3.81. The van der Waals surface area contributed by atoms with E-state index in [1.54, 1.807) is 6.20 Å². The molecule has 1 N–H and O–H groups in total. The van der Waals surface area contributed by atoms with Crippen LogP contribution in [0.25, 0.3) is 11.2 Å². The van der Waals surface area contributed by atoms with Crippen molar-refractivity contribution >= 4 is 22.8 Å². The van der Waals surface area contributed by atoms with Crippen LogP contribution < -0.4 is 0 Å². The number of pyridine rings is 1. The minimum Gasteiger partial charge on any atom is -0.339 e. The molecule has 0 aliphatic rings. The van der Waals surface area contributed by atoms with E-state index in [-0.39, 0.29) is 5.38 Å². The van der Waals surface area contributed by atoms with Gasteiger partial charge in [-0.15, -0.1) is 11.6 Å². The third kappa shape index (κ3) is 1.87. The molecule has 0 saturated carbocycles. The van der Waals surface area contributed by atoms with Gasteiger partial charge in [-0.25, -0.2) is 9.97 Å². The van der Waals surface area contributed by atoms with Gasteiger partial charge in [0.05, 0.1) is 5.52 Å². The lowest BCUT2D eigenvalue weighted by molar-refractivity contribution is 1.000. The molecular formula is C14H12ClN3. The predicted octanol–water partition coefficient (Wildman–Crippen LogP) is 3.59. The molecule has 0 bridgehead atoms. The van der Waals surface area contributed by atoms with E-state index in [9.17, 15) is 0 Å². The van der Waals surface area contributed by atoms with E-state index in [0.717, 1.165) is 22.5 Å². The van der Waals surface area contributed by atoms with Crippen molar-refractivity contribution in [2.24, 2.45) is 0 Å². The number of imidazole rings is 1. The molecule has 0 fully saturated rings. The molecule has 4 heteroatoms. The van der Waals surface area contributed by atoms with Gasteiger partial charge >= 0.3 is 0 Å². The van der Waals surface area contributed by atoms with Crippen LogP contribution in [0.4, 0.5) is 0 Å². The Morgan fingerprint density at radius 1 is 1.17 bits per heavy atom. The highest BCUT2D eigenvalue weighted by Crippen LogP contribution is 2.28. The Hall–Kier alpha value is -1.87. The van der Waals surface area contributed by atoms with Crippen molar-refractivity contribution in [3.05, 3.63) is 59.5 Å². The number of fused-ring (bicyclic) bond motifs is 1. The van der Waals surface area contributed by atoms with E-state index < -0.39 is 0 Å². The molecule has 3 aromatic rings. The summed E-state index contributed by atoms with van der Waals surface area (Å²) >= 11 is 6.43. The summed E-state index contributed by atoms with van der Waals surface area (Å²) in [6, 6.07) is 11.8. The number of halogens is 1. The quantitative estimate of drug-likeness (QED) is 0.713. The molecule has 0 radical (unpaired) electrons. The fourth-order valence-electron chi connectivity index (χ4n) is 1.95. The van der Waals surface area contributed by atoms with Gasteiger partial charge in [-0.05, 0) is 24.1 Å². The van der Waals surface area contributed by atoms with Crippen molar-refractivity contribution in [1.82, 2.24) is 15.0 Å². The monoisotopic (exact) mass is 257 g/mol. The van der Waals surface area contributed by atoms with E-state index in [2.05, 4.69) is 15.0 Å². The molecule has 90 valence electrons.